The number of hydrogen-bond donors (Lipinski definition) is 0. The van der Waals surface area contributed by atoms with E-state index in [1.807, 2.05) is 54.8 Å². The fraction of sp³-hybridized carbons (Fsp3) is 0.222. The Hall–Kier alpha value is -3.16. The SMILES string of the molecule is C=CCn1c(SCC(=O)OCCCc2ccccc2)nc2scc(-c3ccc(C)cc3)c2c1=O. The number of esters is 1. The lowest BCUT2D eigenvalue weighted by Gasteiger charge is -2.11. The number of thioether (sulfide) groups is 1. The van der Waals surface area contributed by atoms with Crippen molar-refractivity contribution in [3.05, 3.63) is 94.1 Å². The van der Waals surface area contributed by atoms with Crippen molar-refractivity contribution in [1.29, 1.82) is 0 Å². The van der Waals surface area contributed by atoms with Crippen LogP contribution in [-0.2, 0) is 22.5 Å². The third-order valence-corrected chi connectivity index (χ3v) is 7.19. The Balaban J connectivity index is 1.46. The molecule has 34 heavy (non-hydrogen) atoms. The maximum Gasteiger partial charge on any atom is 0.316 e. The smallest absolute Gasteiger partial charge is 0.316 e. The molecule has 0 fully saturated rings. The van der Waals surface area contributed by atoms with E-state index >= 15 is 0 Å². The molecule has 0 amide bonds. The number of aryl methyl sites for hydroxylation is 2. The van der Waals surface area contributed by atoms with E-state index in [4.69, 9.17) is 9.72 Å². The second kappa shape index (κ2) is 11.3. The molecule has 4 rings (SSSR count). The number of rotatable bonds is 10. The van der Waals surface area contributed by atoms with Gasteiger partial charge in [0, 0.05) is 17.5 Å². The predicted octanol–water partition coefficient (Wildman–Crippen LogP) is 5.89. The summed E-state index contributed by atoms with van der Waals surface area (Å²) in [5.74, 6) is -0.222. The summed E-state index contributed by atoms with van der Waals surface area (Å²) in [7, 11) is 0. The third-order valence-electron chi connectivity index (χ3n) is 5.37. The number of aromatic nitrogens is 2. The summed E-state index contributed by atoms with van der Waals surface area (Å²) in [5.41, 5.74) is 4.13. The fourth-order valence-electron chi connectivity index (χ4n) is 3.62. The van der Waals surface area contributed by atoms with Crippen molar-refractivity contribution in [3.63, 3.8) is 0 Å². The second-order valence-corrected chi connectivity index (χ2v) is 9.69. The number of allylic oxidation sites excluding steroid dienone is 1. The van der Waals surface area contributed by atoms with Gasteiger partial charge in [-0.3, -0.25) is 14.2 Å². The number of thiophene rings is 1. The van der Waals surface area contributed by atoms with Crippen molar-refractivity contribution in [3.8, 4) is 11.1 Å². The quantitative estimate of drug-likeness (QED) is 0.0912. The zero-order valence-electron chi connectivity index (χ0n) is 19.0. The molecule has 0 N–H and O–H groups in total. The highest BCUT2D eigenvalue weighted by Gasteiger charge is 2.18. The molecule has 0 saturated heterocycles. The summed E-state index contributed by atoms with van der Waals surface area (Å²) < 4.78 is 6.96. The third kappa shape index (κ3) is 5.66. The minimum Gasteiger partial charge on any atom is -0.465 e. The molecular weight excluding hydrogens is 464 g/mol. The molecule has 4 aromatic rings. The number of fused-ring (bicyclic) bond motifs is 1. The van der Waals surface area contributed by atoms with Crippen LogP contribution in [0.1, 0.15) is 17.5 Å². The average Bonchev–Trinajstić information content (AvgIpc) is 3.28. The van der Waals surface area contributed by atoms with Gasteiger partial charge in [0.15, 0.2) is 5.16 Å². The van der Waals surface area contributed by atoms with Gasteiger partial charge in [0.1, 0.15) is 4.83 Å². The lowest BCUT2D eigenvalue weighted by Crippen LogP contribution is -2.23. The van der Waals surface area contributed by atoms with Crippen LogP contribution in [-0.4, -0.2) is 27.9 Å². The number of carbonyl (C=O) groups is 1. The van der Waals surface area contributed by atoms with Crippen LogP contribution in [0.15, 0.2) is 82.6 Å². The van der Waals surface area contributed by atoms with Crippen LogP contribution in [0.5, 0.6) is 0 Å². The zero-order chi connectivity index (χ0) is 23.9. The summed E-state index contributed by atoms with van der Waals surface area (Å²) in [6, 6.07) is 18.2. The molecular formula is C27H26N2O3S2. The van der Waals surface area contributed by atoms with E-state index < -0.39 is 0 Å². The van der Waals surface area contributed by atoms with Crippen molar-refractivity contribution in [2.45, 2.75) is 31.5 Å². The molecule has 5 nitrogen and oxygen atoms in total. The van der Waals surface area contributed by atoms with E-state index in [1.54, 1.807) is 10.6 Å². The number of ether oxygens (including phenoxy) is 1. The number of benzene rings is 2. The maximum absolute atomic E-state index is 13.4. The number of carbonyl (C=O) groups excluding carboxylic acids is 1. The molecule has 0 aliphatic carbocycles. The lowest BCUT2D eigenvalue weighted by molar-refractivity contribution is -0.140. The molecule has 0 aliphatic heterocycles. The standard InChI is InChI=1S/C27H26N2O3S2/c1-3-15-29-26(31)24-22(21-13-11-19(2)12-14-21)17-33-25(24)28-27(29)34-18-23(30)32-16-7-10-20-8-5-4-6-9-20/h3-6,8-9,11-14,17H,1,7,10,15-16,18H2,2H3. The van der Waals surface area contributed by atoms with Gasteiger partial charge in [-0.25, -0.2) is 4.98 Å². The molecule has 0 bridgehead atoms. The van der Waals surface area contributed by atoms with Crippen LogP contribution in [0.3, 0.4) is 0 Å². The molecule has 7 heteroatoms. The van der Waals surface area contributed by atoms with Gasteiger partial charge in [0.25, 0.3) is 5.56 Å². The Morgan fingerprint density at radius 1 is 1.18 bits per heavy atom. The van der Waals surface area contributed by atoms with Crippen LogP contribution in [0, 0.1) is 6.92 Å². The van der Waals surface area contributed by atoms with Gasteiger partial charge in [0.2, 0.25) is 0 Å². The molecule has 0 saturated carbocycles. The summed E-state index contributed by atoms with van der Waals surface area (Å²) in [5, 5.41) is 3.07. The number of hydrogen-bond acceptors (Lipinski definition) is 6. The first-order valence-electron chi connectivity index (χ1n) is 11.1. The molecule has 0 unspecified atom stereocenters. The minimum absolute atomic E-state index is 0.0939. The highest BCUT2D eigenvalue weighted by atomic mass is 32.2. The minimum atomic E-state index is -0.316. The summed E-state index contributed by atoms with van der Waals surface area (Å²) >= 11 is 2.66. The van der Waals surface area contributed by atoms with E-state index in [0.29, 0.717) is 28.5 Å². The van der Waals surface area contributed by atoms with Crippen LogP contribution in [0.25, 0.3) is 21.3 Å². The normalized spacial score (nSPS) is 11.0. The van der Waals surface area contributed by atoms with Crippen LogP contribution >= 0.6 is 23.1 Å². The zero-order valence-corrected chi connectivity index (χ0v) is 20.7. The van der Waals surface area contributed by atoms with Gasteiger partial charge in [-0.1, -0.05) is 78.0 Å². The first kappa shape index (κ1) is 24.0. The molecule has 2 aromatic heterocycles. The van der Waals surface area contributed by atoms with Crippen molar-refractivity contribution in [2.75, 3.05) is 12.4 Å². The predicted molar refractivity (Wildman–Crippen MR) is 141 cm³/mol. The monoisotopic (exact) mass is 490 g/mol. The molecule has 2 heterocycles. The first-order chi connectivity index (χ1) is 16.6. The van der Waals surface area contributed by atoms with Gasteiger partial charge in [0.05, 0.1) is 17.7 Å². The fourth-order valence-corrected chi connectivity index (χ4v) is 5.42. The highest BCUT2D eigenvalue weighted by Crippen LogP contribution is 2.32. The average molecular weight is 491 g/mol. The van der Waals surface area contributed by atoms with E-state index in [1.165, 1.54) is 28.7 Å². The highest BCUT2D eigenvalue weighted by molar-refractivity contribution is 7.99. The molecule has 0 spiro atoms. The van der Waals surface area contributed by atoms with Gasteiger partial charge in [-0.15, -0.1) is 17.9 Å². The van der Waals surface area contributed by atoms with E-state index in [2.05, 4.69) is 18.7 Å². The summed E-state index contributed by atoms with van der Waals surface area (Å²) in [4.78, 5) is 31.1. The van der Waals surface area contributed by atoms with Gasteiger partial charge in [-0.05, 0) is 30.9 Å². The molecule has 174 valence electrons. The van der Waals surface area contributed by atoms with E-state index in [-0.39, 0.29) is 17.3 Å². The first-order valence-corrected chi connectivity index (χ1v) is 13.0. The molecule has 0 atom stereocenters. The van der Waals surface area contributed by atoms with E-state index in [9.17, 15) is 9.59 Å². The van der Waals surface area contributed by atoms with Crippen molar-refractivity contribution < 1.29 is 9.53 Å². The topological polar surface area (TPSA) is 61.2 Å². The maximum atomic E-state index is 13.4. The Bertz CT molecular complexity index is 1340. The Morgan fingerprint density at radius 2 is 1.94 bits per heavy atom. The van der Waals surface area contributed by atoms with E-state index in [0.717, 1.165) is 29.5 Å². The van der Waals surface area contributed by atoms with Gasteiger partial charge in [-0.2, -0.15) is 0 Å². The Kier molecular flexibility index (Phi) is 7.98. The number of nitrogens with zero attached hydrogens (tertiary/aromatic N) is 2. The van der Waals surface area contributed by atoms with Crippen LogP contribution in [0.4, 0.5) is 0 Å². The summed E-state index contributed by atoms with van der Waals surface area (Å²) in [6.45, 7) is 6.50. The lowest BCUT2D eigenvalue weighted by atomic mass is 10.1. The molecule has 2 aromatic carbocycles. The van der Waals surface area contributed by atoms with Crippen LogP contribution < -0.4 is 5.56 Å². The second-order valence-electron chi connectivity index (χ2n) is 7.89. The van der Waals surface area contributed by atoms with Crippen molar-refractivity contribution in [1.82, 2.24) is 9.55 Å². The Morgan fingerprint density at radius 3 is 2.68 bits per heavy atom. The van der Waals surface area contributed by atoms with Crippen LogP contribution in [0.2, 0.25) is 0 Å². The largest absolute Gasteiger partial charge is 0.465 e. The van der Waals surface area contributed by atoms with Crippen molar-refractivity contribution in [2.24, 2.45) is 0 Å². The van der Waals surface area contributed by atoms with Gasteiger partial charge >= 0.3 is 5.97 Å². The Labute approximate surface area is 207 Å². The molecule has 0 aliphatic rings. The summed E-state index contributed by atoms with van der Waals surface area (Å²) in [6.07, 6.45) is 3.29. The van der Waals surface area contributed by atoms with Gasteiger partial charge < -0.3 is 4.74 Å². The molecule has 0 radical (unpaired) electrons. The van der Waals surface area contributed by atoms with Crippen molar-refractivity contribution >= 4 is 39.3 Å².